The van der Waals surface area contributed by atoms with E-state index in [0.717, 1.165) is 28.5 Å². The Kier molecular flexibility index (Phi) is 4.05. The summed E-state index contributed by atoms with van der Waals surface area (Å²) in [5, 5.41) is 9.73. The van der Waals surface area contributed by atoms with Gasteiger partial charge in [0.25, 0.3) is 0 Å². The summed E-state index contributed by atoms with van der Waals surface area (Å²) in [4.78, 5) is 7.69. The first-order valence-corrected chi connectivity index (χ1v) is 5.42. The van der Waals surface area contributed by atoms with Crippen LogP contribution in [0.15, 0.2) is 0 Å². The third-order valence-electron chi connectivity index (χ3n) is 1.95. The van der Waals surface area contributed by atoms with Gasteiger partial charge in [0, 0.05) is 17.8 Å². The molecule has 76 valence electrons. The van der Waals surface area contributed by atoms with Crippen molar-refractivity contribution < 1.29 is 0 Å². The molecule has 0 aromatic carbocycles. The van der Waals surface area contributed by atoms with Gasteiger partial charge in [-0.05, 0) is 21.0 Å². The molecular formula is C10H15N3S. The minimum Gasteiger partial charge on any atom is -0.309 e. The second-order valence-electron chi connectivity index (χ2n) is 3.50. The molecule has 0 saturated heterocycles. The summed E-state index contributed by atoms with van der Waals surface area (Å²) in [5.41, 5.74) is 1.02. The Bertz CT molecular complexity index is 336. The van der Waals surface area contributed by atoms with Crippen LogP contribution in [0, 0.1) is 18.3 Å². The van der Waals surface area contributed by atoms with Crippen molar-refractivity contribution in [2.24, 2.45) is 0 Å². The van der Waals surface area contributed by atoms with Crippen LogP contribution >= 0.6 is 11.3 Å². The molecule has 1 rings (SSSR count). The van der Waals surface area contributed by atoms with E-state index in [2.05, 4.69) is 30.0 Å². The van der Waals surface area contributed by atoms with Gasteiger partial charge in [-0.15, -0.1) is 11.3 Å². The highest BCUT2D eigenvalue weighted by Gasteiger charge is 2.06. The summed E-state index contributed by atoms with van der Waals surface area (Å²) >= 11 is 1.67. The molecule has 0 aliphatic carbocycles. The van der Waals surface area contributed by atoms with Gasteiger partial charge in [-0.25, -0.2) is 4.98 Å². The van der Waals surface area contributed by atoms with Crippen LogP contribution in [0.5, 0.6) is 0 Å². The summed E-state index contributed by atoms with van der Waals surface area (Å²) < 4.78 is 0. The van der Waals surface area contributed by atoms with Crippen LogP contribution < -0.4 is 0 Å². The molecule has 4 heteroatoms. The van der Waals surface area contributed by atoms with Crippen LogP contribution in [0.3, 0.4) is 0 Å². The SMILES string of the molecule is Cc1nc(CCN(C)C)sc1CC#N. The van der Waals surface area contributed by atoms with E-state index < -0.39 is 0 Å². The molecule has 3 nitrogen and oxygen atoms in total. The summed E-state index contributed by atoms with van der Waals surface area (Å²) in [6.45, 7) is 2.99. The Balaban J connectivity index is 2.62. The zero-order chi connectivity index (χ0) is 10.6. The van der Waals surface area contributed by atoms with Crippen molar-refractivity contribution in [2.75, 3.05) is 20.6 Å². The normalized spacial score (nSPS) is 10.5. The molecule has 0 atom stereocenters. The van der Waals surface area contributed by atoms with E-state index in [1.54, 1.807) is 11.3 Å². The molecule has 1 aromatic heterocycles. The number of nitriles is 1. The third-order valence-corrected chi connectivity index (χ3v) is 3.17. The first-order valence-electron chi connectivity index (χ1n) is 4.60. The van der Waals surface area contributed by atoms with Crippen LogP contribution in [-0.2, 0) is 12.8 Å². The average Bonchev–Trinajstić information content (AvgIpc) is 2.45. The molecule has 0 aliphatic heterocycles. The molecular weight excluding hydrogens is 194 g/mol. The number of rotatable bonds is 4. The lowest BCUT2D eigenvalue weighted by molar-refractivity contribution is 0.413. The minimum absolute atomic E-state index is 0.492. The largest absolute Gasteiger partial charge is 0.309 e. The minimum atomic E-state index is 0.492. The van der Waals surface area contributed by atoms with E-state index in [1.807, 2.05) is 6.92 Å². The van der Waals surface area contributed by atoms with Crippen molar-refractivity contribution >= 4 is 11.3 Å². The van der Waals surface area contributed by atoms with E-state index in [4.69, 9.17) is 5.26 Å². The topological polar surface area (TPSA) is 39.9 Å². The molecule has 0 fully saturated rings. The predicted octanol–water partition coefficient (Wildman–Crippen LogP) is 1.62. The smallest absolute Gasteiger partial charge is 0.0944 e. The molecule has 1 aromatic rings. The molecule has 0 radical (unpaired) electrons. The number of hydrogen-bond donors (Lipinski definition) is 0. The van der Waals surface area contributed by atoms with Crippen molar-refractivity contribution in [1.82, 2.24) is 9.88 Å². The van der Waals surface area contributed by atoms with Crippen LogP contribution in [-0.4, -0.2) is 30.5 Å². The maximum atomic E-state index is 8.59. The molecule has 0 saturated carbocycles. The number of likely N-dealkylation sites (N-methyl/N-ethyl adjacent to an activating group) is 1. The fourth-order valence-corrected chi connectivity index (χ4v) is 2.14. The fourth-order valence-electron chi connectivity index (χ4n) is 1.15. The first-order chi connectivity index (χ1) is 6.63. The van der Waals surface area contributed by atoms with Gasteiger partial charge in [0.1, 0.15) is 0 Å². The lowest BCUT2D eigenvalue weighted by Gasteiger charge is -2.06. The number of aromatic nitrogens is 1. The Morgan fingerprint density at radius 1 is 1.50 bits per heavy atom. The maximum absolute atomic E-state index is 8.59. The van der Waals surface area contributed by atoms with E-state index in [1.165, 1.54) is 0 Å². The quantitative estimate of drug-likeness (QED) is 0.756. The third kappa shape index (κ3) is 3.09. The van der Waals surface area contributed by atoms with Crippen LogP contribution in [0.1, 0.15) is 15.6 Å². The zero-order valence-corrected chi connectivity index (χ0v) is 9.69. The number of hydrogen-bond acceptors (Lipinski definition) is 4. The van der Waals surface area contributed by atoms with Gasteiger partial charge in [0.15, 0.2) is 0 Å². The highest BCUT2D eigenvalue weighted by molar-refractivity contribution is 7.11. The standard InChI is InChI=1S/C10H15N3S/c1-8-9(4-6-11)14-10(12-8)5-7-13(2)3/h4-5,7H2,1-3H3. The fraction of sp³-hybridized carbons (Fsp3) is 0.600. The molecule has 0 amide bonds. The van der Waals surface area contributed by atoms with Crippen LogP contribution in [0.2, 0.25) is 0 Å². The van der Waals surface area contributed by atoms with Crippen molar-refractivity contribution in [3.63, 3.8) is 0 Å². The van der Waals surface area contributed by atoms with Gasteiger partial charge in [0.2, 0.25) is 0 Å². The van der Waals surface area contributed by atoms with Gasteiger partial charge in [0.05, 0.1) is 23.2 Å². The van der Waals surface area contributed by atoms with Gasteiger partial charge < -0.3 is 4.90 Å². The average molecular weight is 209 g/mol. The highest BCUT2D eigenvalue weighted by Crippen LogP contribution is 2.18. The molecule has 14 heavy (non-hydrogen) atoms. The van der Waals surface area contributed by atoms with E-state index >= 15 is 0 Å². The number of aryl methyl sites for hydroxylation is 1. The Labute approximate surface area is 89.0 Å². The second kappa shape index (κ2) is 5.08. The lowest BCUT2D eigenvalue weighted by Crippen LogP contribution is -2.14. The number of thiazole rings is 1. The molecule has 0 N–H and O–H groups in total. The van der Waals surface area contributed by atoms with E-state index in [9.17, 15) is 0 Å². The van der Waals surface area contributed by atoms with E-state index in [0.29, 0.717) is 6.42 Å². The second-order valence-corrected chi connectivity index (χ2v) is 4.67. The van der Waals surface area contributed by atoms with Gasteiger partial charge in [-0.1, -0.05) is 0 Å². The van der Waals surface area contributed by atoms with Gasteiger partial charge in [-0.2, -0.15) is 5.26 Å². The predicted molar refractivity (Wildman–Crippen MR) is 58.4 cm³/mol. The zero-order valence-electron chi connectivity index (χ0n) is 8.87. The van der Waals surface area contributed by atoms with Crippen molar-refractivity contribution in [3.8, 4) is 6.07 Å². The Hall–Kier alpha value is -0.920. The number of nitrogens with zero attached hydrogens (tertiary/aromatic N) is 3. The highest BCUT2D eigenvalue weighted by atomic mass is 32.1. The van der Waals surface area contributed by atoms with Crippen molar-refractivity contribution in [3.05, 3.63) is 15.6 Å². The first kappa shape index (κ1) is 11.2. The monoisotopic (exact) mass is 209 g/mol. The van der Waals surface area contributed by atoms with Gasteiger partial charge >= 0.3 is 0 Å². The van der Waals surface area contributed by atoms with Crippen LogP contribution in [0.25, 0.3) is 0 Å². The van der Waals surface area contributed by atoms with Crippen LogP contribution in [0.4, 0.5) is 0 Å². The summed E-state index contributed by atoms with van der Waals surface area (Å²) in [7, 11) is 4.10. The maximum Gasteiger partial charge on any atom is 0.0944 e. The molecule has 0 spiro atoms. The summed E-state index contributed by atoms with van der Waals surface area (Å²) in [6, 6.07) is 2.16. The molecule has 1 heterocycles. The lowest BCUT2D eigenvalue weighted by atomic mass is 10.3. The van der Waals surface area contributed by atoms with Crippen molar-refractivity contribution in [2.45, 2.75) is 19.8 Å². The molecule has 0 aliphatic rings. The Morgan fingerprint density at radius 3 is 2.79 bits per heavy atom. The Morgan fingerprint density at radius 2 is 2.21 bits per heavy atom. The molecule has 0 bridgehead atoms. The molecule has 0 unspecified atom stereocenters. The van der Waals surface area contributed by atoms with Crippen molar-refractivity contribution in [1.29, 1.82) is 5.26 Å². The summed E-state index contributed by atoms with van der Waals surface area (Å²) in [6.07, 6.45) is 1.47. The summed E-state index contributed by atoms with van der Waals surface area (Å²) in [5.74, 6) is 0. The van der Waals surface area contributed by atoms with Gasteiger partial charge in [-0.3, -0.25) is 0 Å². The van der Waals surface area contributed by atoms with E-state index in [-0.39, 0.29) is 0 Å².